The monoisotopic (exact) mass is 738 g/mol. The fourth-order valence-electron chi connectivity index (χ4n) is 6.14. The molecule has 1 aromatic rings. The SMILES string of the molecule is CC=O.CCCC1C(=O)NC(C(C)C)C(=O)NC(Cc2ccccc2)C(=O)N2CCCC(N2)C(=O)O[C@H](/C(C)=C/C=O)C/C=C/C=C/[C@H](O)C(C)C1O. The Kier molecular flexibility index (Phi) is 19.6. The smallest absolute Gasteiger partial charge is 0.325 e. The predicted octanol–water partition coefficient (Wildman–Crippen LogP) is 2.90. The van der Waals surface area contributed by atoms with Crippen molar-refractivity contribution in [3.05, 3.63) is 71.8 Å². The van der Waals surface area contributed by atoms with Gasteiger partial charge in [-0.15, -0.1) is 0 Å². The van der Waals surface area contributed by atoms with E-state index >= 15 is 0 Å². The summed E-state index contributed by atoms with van der Waals surface area (Å²) in [6.07, 6.45) is 8.30. The van der Waals surface area contributed by atoms with Crippen LogP contribution in [0.4, 0.5) is 0 Å². The summed E-state index contributed by atoms with van der Waals surface area (Å²) in [7, 11) is 0. The maximum absolute atomic E-state index is 14.1. The van der Waals surface area contributed by atoms with Gasteiger partial charge in [0.15, 0.2) is 0 Å². The van der Waals surface area contributed by atoms with Gasteiger partial charge in [-0.25, -0.2) is 5.43 Å². The average molecular weight is 739 g/mol. The van der Waals surface area contributed by atoms with Gasteiger partial charge in [0.1, 0.15) is 36.8 Å². The number of aldehydes is 2. The second kappa shape index (κ2) is 23.3. The van der Waals surface area contributed by atoms with E-state index in [0.29, 0.717) is 37.5 Å². The number of amides is 3. The molecule has 0 aromatic heterocycles. The summed E-state index contributed by atoms with van der Waals surface area (Å²) in [4.78, 5) is 75.2. The number of carbonyl (C=O) groups excluding carboxylic acids is 6. The lowest BCUT2D eigenvalue weighted by Gasteiger charge is -2.36. The van der Waals surface area contributed by atoms with Gasteiger partial charge in [0.05, 0.1) is 18.1 Å². The quantitative estimate of drug-likeness (QED) is 0.158. The first-order valence-electron chi connectivity index (χ1n) is 18.4. The van der Waals surface area contributed by atoms with Crippen LogP contribution < -0.4 is 16.1 Å². The van der Waals surface area contributed by atoms with Gasteiger partial charge in [-0.1, -0.05) is 88.8 Å². The van der Waals surface area contributed by atoms with Crippen LogP contribution in [-0.2, 0) is 39.9 Å². The molecule has 2 aliphatic rings. The van der Waals surface area contributed by atoms with E-state index in [2.05, 4.69) is 16.1 Å². The van der Waals surface area contributed by atoms with E-state index in [9.17, 15) is 34.2 Å². The van der Waals surface area contributed by atoms with Crippen LogP contribution >= 0.6 is 0 Å². The van der Waals surface area contributed by atoms with Crippen molar-refractivity contribution in [2.45, 2.75) is 117 Å². The fraction of sp³-hybridized carbons (Fsp3) is 0.550. The molecule has 8 atom stereocenters. The number of aliphatic hydroxyl groups is 2. The Morgan fingerprint density at radius 2 is 1.72 bits per heavy atom. The molecule has 2 heterocycles. The molecule has 0 aliphatic carbocycles. The van der Waals surface area contributed by atoms with Gasteiger partial charge in [-0.3, -0.25) is 29.0 Å². The number of esters is 1. The zero-order valence-electron chi connectivity index (χ0n) is 31.8. The lowest BCUT2D eigenvalue weighted by atomic mass is 9.84. The molecular formula is C40H58N4O9. The minimum absolute atomic E-state index is 0.154. The second-order valence-electron chi connectivity index (χ2n) is 13.8. The van der Waals surface area contributed by atoms with Crippen molar-refractivity contribution in [1.29, 1.82) is 0 Å². The molecule has 0 radical (unpaired) electrons. The third-order valence-electron chi connectivity index (χ3n) is 9.31. The molecule has 3 amide bonds. The molecule has 13 nitrogen and oxygen atoms in total. The highest BCUT2D eigenvalue weighted by atomic mass is 16.5. The van der Waals surface area contributed by atoms with E-state index in [0.717, 1.165) is 11.8 Å². The Bertz CT molecular complexity index is 1440. The number of cyclic esters (lactones) is 1. The van der Waals surface area contributed by atoms with E-state index in [1.807, 2.05) is 37.3 Å². The van der Waals surface area contributed by atoms with Crippen molar-refractivity contribution in [3.63, 3.8) is 0 Å². The van der Waals surface area contributed by atoms with Crippen molar-refractivity contribution < 1.29 is 43.7 Å². The number of hydrazine groups is 1. The van der Waals surface area contributed by atoms with Crippen molar-refractivity contribution in [2.24, 2.45) is 17.8 Å². The molecule has 13 heteroatoms. The molecule has 1 saturated heterocycles. The van der Waals surface area contributed by atoms with Gasteiger partial charge in [0.25, 0.3) is 5.91 Å². The molecule has 2 bridgehead atoms. The summed E-state index contributed by atoms with van der Waals surface area (Å²) in [5.41, 5.74) is 4.33. The normalized spacial score (nSPS) is 29.5. The maximum atomic E-state index is 14.1. The molecule has 0 saturated carbocycles. The standard InChI is InChI=1S/C38H54N4O8.C2H4O/c1-6-14-28-34(45)26(5)31(44)18-11-8-12-19-32(25(4)20-22-43)50-38(49)29-17-13-21-42(41-29)37(48)30(23-27-15-9-7-10-16-27)39-36(47)33(24(2)3)40-35(28)46;1-2-3/h7-12,15-16,18,20,22,24,26,28-34,41,44-45H,6,13-14,17,19,21,23H2,1-5H3,(H,39,47)(H,40,46);2H,1H3/b12-8+,18-11+,25-20+;/t26?,28?,29?,30?,31-,32-,33?,34?;/m0./s1. The van der Waals surface area contributed by atoms with Gasteiger partial charge >= 0.3 is 5.97 Å². The van der Waals surface area contributed by atoms with Gasteiger partial charge < -0.3 is 30.4 Å². The zero-order valence-corrected chi connectivity index (χ0v) is 31.8. The molecule has 6 unspecified atom stereocenters. The van der Waals surface area contributed by atoms with Crippen LogP contribution in [-0.4, -0.2) is 94.5 Å². The number of hydrogen-bond acceptors (Lipinski definition) is 10. The van der Waals surface area contributed by atoms with Gasteiger partial charge in [0.2, 0.25) is 11.8 Å². The number of nitrogens with one attached hydrogen (secondary N) is 3. The summed E-state index contributed by atoms with van der Waals surface area (Å²) >= 11 is 0. The van der Waals surface area contributed by atoms with E-state index in [-0.39, 0.29) is 25.3 Å². The van der Waals surface area contributed by atoms with E-state index < -0.39 is 72.0 Å². The molecule has 292 valence electrons. The summed E-state index contributed by atoms with van der Waals surface area (Å²) in [6, 6.07) is 6.28. The van der Waals surface area contributed by atoms with E-state index in [4.69, 9.17) is 9.53 Å². The lowest BCUT2D eigenvalue weighted by Crippen LogP contribution is -2.62. The van der Waals surface area contributed by atoms with Crippen LogP contribution in [0.2, 0.25) is 0 Å². The first kappa shape index (κ1) is 44.7. The largest absolute Gasteiger partial charge is 0.456 e. The number of nitrogens with zero attached hydrogens (tertiary/aromatic N) is 1. The number of aliphatic hydroxyl groups excluding tert-OH is 2. The van der Waals surface area contributed by atoms with E-state index in [1.54, 1.807) is 45.9 Å². The highest BCUT2D eigenvalue weighted by Crippen LogP contribution is 2.23. The van der Waals surface area contributed by atoms with Crippen molar-refractivity contribution in [3.8, 4) is 0 Å². The molecule has 1 aromatic carbocycles. The minimum Gasteiger partial charge on any atom is -0.456 e. The van der Waals surface area contributed by atoms with Crippen molar-refractivity contribution in [2.75, 3.05) is 6.54 Å². The average Bonchev–Trinajstić information content (AvgIpc) is 3.14. The Morgan fingerprint density at radius 1 is 1.04 bits per heavy atom. The van der Waals surface area contributed by atoms with E-state index in [1.165, 1.54) is 24.1 Å². The Morgan fingerprint density at radius 3 is 2.34 bits per heavy atom. The van der Waals surface area contributed by atoms with Gasteiger partial charge in [0, 0.05) is 25.3 Å². The van der Waals surface area contributed by atoms with Crippen LogP contribution in [0.3, 0.4) is 0 Å². The van der Waals surface area contributed by atoms with Crippen LogP contribution in [0.5, 0.6) is 0 Å². The van der Waals surface area contributed by atoms with Crippen LogP contribution in [0, 0.1) is 17.8 Å². The minimum atomic E-state index is -1.22. The van der Waals surface area contributed by atoms with Crippen molar-refractivity contribution >= 4 is 36.3 Å². The van der Waals surface area contributed by atoms with Gasteiger partial charge in [-0.05, 0) is 56.2 Å². The first-order chi connectivity index (χ1) is 25.3. The van der Waals surface area contributed by atoms with Crippen LogP contribution in [0.1, 0.15) is 79.2 Å². The van der Waals surface area contributed by atoms with Crippen LogP contribution in [0.25, 0.3) is 0 Å². The number of carbonyl (C=O) groups is 6. The number of benzene rings is 1. The molecule has 3 rings (SSSR count). The summed E-state index contributed by atoms with van der Waals surface area (Å²) < 4.78 is 5.84. The molecule has 1 fully saturated rings. The highest BCUT2D eigenvalue weighted by molar-refractivity contribution is 5.93. The third-order valence-corrected chi connectivity index (χ3v) is 9.31. The fourth-order valence-corrected chi connectivity index (χ4v) is 6.14. The second-order valence-corrected chi connectivity index (χ2v) is 13.8. The lowest BCUT2D eigenvalue weighted by molar-refractivity contribution is -0.156. The number of ether oxygens (including phenoxy) is 1. The first-order valence-corrected chi connectivity index (χ1v) is 18.4. The summed E-state index contributed by atoms with van der Waals surface area (Å²) in [6.45, 7) is 10.5. The molecule has 53 heavy (non-hydrogen) atoms. The number of hydrogen-bond donors (Lipinski definition) is 5. The molecule has 2 aliphatic heterocycles. The Labute approximate surface area is 313 Å². The maximum Gasteiger partial charge on any atom is 0.325 e. The zero-order chi connectivity index (χ0) is 39.5. The molecular weight excluding hydrogens is 680 g/mol. The number of allylic oxidation sites excluding steroid dienone is 3. The summed E-state index contributed by atoms with van der Waals surface area (Å²) in [5, 5.41) is 29.2. The van der Waals surface area contributed by atoms with Crippen LogP contribution in [0.15, 0.2) is 66.3 Å². The predicted molar refractivity (Wildman–Crippen MR) is 201 cm³/mol. The Hall–Kier alpha value is -4.46. The van der Waals surface area contributed by atoms with Crippen molar-refractivity contribution in [1.82, 2.24) is 21.1 Å². The number of fused-ring (bicyclic) bond motifs is 2. The number of rotatable bonds is 7. The Balaban J connectivity index is 0.00000313. The topological polar surface area (TPSA) is 191 Å². The highest BCUT2D eigenvalue weighted by Gasteiger charge is 2.38. The third kappa shape index (κ3) is 14.1. The van der Waals surface area contributed by atoms with Gasteiger partial charge in [-0.2, -0.15) is 0 Å². The molecule has 5 N–H and O–H groups in total. The molecule has 0 spiro atoms. The summed E-state index contributed by atoms with van der Waals surface area (Å²) in [5.74, 6) is -4.14.